The first kappa shape index (κ1) is 13.3. The maximum Gasteiger partial charge on any atom is 0.137 e. The molecule has 106 valence electrons. The number of nitrogens with two attached hydrogens (primary N) is 1. The van der Waals surface area contributed by atoms with Gasteiger partial charge in [-0.05, 0) is 36.2 Å². The van der Waals surface area contributed by atoms with Gasteiger partial charge in [-0.3, -0.25) is 4.98 Å². The van der Waals surface area contributed by atoms with E-state index in [4.69, 9.17) is 5.73 Å². The van der Waals surface area contributed by atoms with Gasteiger partial charge in [-0.2, -0.15) is 0 Å². The summed E-state index contributed by atoms with van der Waals surface area (Å²) >= 11 is 0. The van der Waals surface area contributed by atoms with Crippen molar-refractivity contribution < 1.29 is 0 Å². The number of nitrogen functional groups attached to an aromatic ring is 1. The Bertz CT molecular complexity index is 769. The van der Waals surface area contributed by atoms with E-state index in [2.05, 4.69) is 33.3 Å². The molecule has 0 aliphatic heterocycles. The van der Waals surface area contributed by atoms with Crippen LogP contribution in [0, 0.1) is 0 Å². The number of benzene rings is 1. The Balaban J connectivity index is 1.90. The number of rotatable bonds is 4. The summed E-state index contributed by atoms with van der Waals surface area (Å²) in [7, 11) is 0. The predicted molar refractivity (Wildman–Crippen MR) is 84.9 cm³/mol. The maximum atomic E-state index is 5.85. The summed E-state index contributed by atoms with van der Waals surface area (Å²) in [5.74, 6) is 0.778. The van der Waals surface area contributed by atoms with Crippen LogP contribution >= 0.6 is 0 Å². The molecule has 5 nitrogen and oxygen atoms in total. The van der Waals surface area contributed by atoms with Crippen molar-refractivity contribution in [2.75, 3.05) is 11.1 Å². The van der Waals surface area contributed by atoms with E-state index >= 15 is 0 Å². The lowest BCUT2D eigenvalue weighted by molar-refractivity contribution is 0.965. The molecule has 2 heterocycles. The summed E-state index contributed by atoms with van der Waals surface area (Å²) in [5, 5.41) is 4.26. The van der Waals surface area contributed by atoms with Gasteiger partial charge in [-0.15, -0.1) is 0 Å². The number of aromatic nitrogens is 3. The minimum absolute atomic E-state index is 0.630. The normalized spacial score (nSPS) is 10.7. The van der Waals surface area contributed by atoms with E-state index in [1.54, 1.807) is 6.33 Å². The first-order chi connectivity index (χ1) is 10.3. The minimum atomic E-state index is 0.630. The molecule has 0 fully saturated rings. The van der Waals surface area contributed by atoms with Gasteiger partial charge in [0.25, 0.3) is 0 Å². The molecule has 21 heavy (non-hydrogen) atoms. The maximum absolute atomic E-state index is 5.85. The molecule has 5 heteroatoms. The van der Waals surface area contributed by atoms with E-state index in [9.17, 15) is 0 Å². The van der Waals surface area contributed by atoms with Gasteiger partial charge < -0.3 is 11.1 Å². The highest BCUT2D eigenvalue weighted by molar-refractivity contribution is 5.91. The largest absolute Gasteiger partial charge is 0.399 e. The van der Waals surface area contributed by atoms with E-state index in [0.29, 0.717) is 12.2 Å². The molecule has 2 aromatic heterocycles. The van der Waals surface area contributed by atoms with Crippen LogP contribution < -0.4 is 11.1 Å². The van der Waals surface area contributed by atoms with Gasteiger partial charge in [0.15, 0.2) is 0 Å². The van der Waals surface area contributed by atoms with Crippen LogP contribution in [0.1, 0.15) is 18.2 Å². The molecule has 0 aliphatic rings. The zero-order valence-corrected chi connectivity index (χ0v) is 11.9. The molecule has 1 aromatic carbocycles. The van der Waals surface area contributed by atoms with Crippen LogP contribution in [-0.4, -0.2) is 15.0 Å². The quantitative estimate of drug-likeness (QED) is 0.718. The van der Waals surface area contributed by atoms with Crippen molar-refractivity contribution in [2.45, 2.75) is 19.9 Å². The highest BCUT2D eigenvalue weighted by atomic mass is 15.0. The molecule has 0 saturated carbocycles. The van der Waals surface area contributed by atoms with Crippen LogP contribution in [0.5, 0.6) is 0 Å². The van der Waals surface area contributed by atoms with Crippen molar-refractivity contribution in [1.29, 1.82) is 0 Å². The second-order valence-electron chi connectivity index (χ2n) is 4.82. The molecule has 3 aromatic rings. The molecule has 0 atom stereocenters. The summed E-state index contributed by atoms with van der Waals surface area (Å²) in [4.78, 5) is 13.0. The standard InChI is InChI=1S/C16H17N5/c1-2-11-4-3-7-18-15(11)9-19-16-13-8-12(17)5-6-14(13)20-10-21-16/h3-8,10H,2,9,17H2,1H3,(H,19,20,21). The van der Waals surface area contributed by atoms with E-state index < -0.39 is 0 Å². The van der Waals surface area contributed by atoms with Crippen LogP contribution in [0.25, 0.3) is 10.9 Å². The molecule has 0 amide bonds. The molecular formula is C16H17N5. The smallest absolute Gasteiger partial charge is 0.137 e. The number of anilines is 2. The SMILES string of the molecule is CCc1cccnc1CNc1ncnc2ccc(N)cc12. The Morgan fingerprint density at radius 1 is 1.14 bits per heavy atom. The number of nitrogens with one attached hydrogen (secondary N) is 1. The Labute approximate surface area is 123 Å². The Kier molecular flexibility index (Phi) is 3.64. The summed E-state index contributed by atoms with van der Waals surface area (Å²) < 4.78 is 0. The highest BCUT2D eigenvalue weighted by Gasteiger charge is 2.06. The van der Waals surface area contributed by atoms with Crippen LogP contribution in [0.2, 0.25) is 0 Å². The zero-order valence-electron chi connectivity index (χ0n) is 11.9. The Hall–Kier alpha value is -2.69. The third-order valence-corrected chi connectivity index (χ3v) is 3.45. The van der Waals surface area contributed by atoms with Crippen molar-refractivity contribution in [3.8, 4) is 0 Å². The molecule has 0 unspecified atom stereocenters. The highest BCUT2D eigenvalue weighted by Crippen LogP contribution is 2.22. The number of aryl methyl sites for hydroxylation is 1. The third kappa shape index (κ3) is 2.76. The topological polar surface area (TPSA) is 76.7 Å². The fourth-order valence-electron chi connectivity index (χ4n) is 2.33. The Morgan fingerprint density at radius 3 is 2.90 bits per heavy atom. The molecule has 3 N–H and O–H groups in total. The van der Waals surface area contributed by atoms with Crippen LogP contribution in [-0.2, 0) is 13.0 Å². The zero-order chi connectivity index (χ0) is 14.7. The number of hydrogen-bond acceptors (Lipinski definition) is 5. The van der Waals surface area contributed by atoms with Crippen molar-refractivity contribution in [3.63, 3.8) is 0 Å². The number of pyridine rings is 1. The van der Waals surface area contributed by atoms with Crippen molar-refractivity contribution >= 4 is 22.4 Å². The number of fused-ring (bicyclic) bond motifs is 1. The van der Waals surface area contributed by atoms with Gasteiger partial charge in [-0.1, -0.05) is 13.0 Å². The van der Waals surface area contributed by atoms with E-state index in [1.807, 2.05) is 30.5 Å². The first-order valence-electron chi connectivity index (χ1n) is 6.95. The monoisotopic (exact) mass is 279 g/mol. The van der Waals surface area contributed by atoms with Crippen LogP contribution in [0.4, 0.5) is 11.5 Å². The molecule has 0 saturated heterocycles. The van der Waals surface area contributed by atoms with Gasteiger partial charge in [0.2, 0.25) is 0 Å². The average Bonchev–Trinajstić information content (AvgIpc) is 2.53. The predicted octanol–water partition coefficient (Wildman–Crippen LogP) is 2.78. The number of hydrogen-bond donors (Lipinski definition) is 2. The van der Waals surface area contributed by atoms with Crippen molar-refractivity contribution in [1.82, 2.24) is 15.0 Å². The molecule has 0 radical (unpaired) electrons. The Morgan fingerprint density at radius 2 is 2.05 bits per heavy atom. The summed E-state index contributed by atoms with van der Waals surface area (Å²) in [6, 6.07) is 9.68. The van der Waals surface area contributed by atoms with E-state index in [0.717, 1.165) is 28.8 Å². The molecule has 0 spiro atoms. The second kappa shape index (κ2) is 5.75. The molecular weight excluding hydrogens is 262 g/mol. The van der Waals surface area contributed by atoms with Gasteiger partial charge in [0.05, 0.1) is 17.8 Å². The number of nitrogens with zero attached hydrogens (tertiary/aromatic N) is 3. The summed E-state index contributed by atoms with van der Waals surface area (Å²) in [6.45, 7) is 2.76. The van der Waals surface area contributed by atoms with Crippen LogP contribution in [0.15, 0.2) is 42.9 Å². The van der Waals surface area contributed by atoms with Gasteiger partial charge in [0, 0.05) is 17.3 Å². The average molecular weight is 279 g/mol. The van der Waals surface area contributed by atoms with Gasteiger partial charge in [-0.25, -0.2) is 9.97 Å². The minimum Gasteiger partial charge on any atom is -0.399 e. The first-order valence-corrected chi connectivity index (χ1v) is 6.95. The van der Waals surface area contributed by atoms with Crippen molar-refractivity contribution in [3.05, 3.63) is 54.1 Å². The lowest BCUT2D eigenvalue weighted by Gasteiger charge is -2.10. The second-order valence-corrected chi connectivity index (χ2v) is 4.82. The lowest BCUT2D eigenvalue weighted by atomic mass is 10.1. The fourth-order valence-corrected chi connectivity index (χ4v) is 2.33. The van der Waals surface area contributed by atoms with Crippen LogP contribution in [0.3, 0.4) is 0 Å². The lowest BCUT2D eigenvalue weighted by Crippen LogP contribution is -2.06. The van der Waals surface area contributed by atoms with Gasteiger partial charge >= 0.3 is 0 Å². The van der Waals surface area contributed by atoms with E-state index in [-0.39, 0.29) is 0 Å². The summed E-state index contributed by atoms with van der Waals surface area (Å²) in [5.41, 5.74) is 9.70. The molecule has 0 bridgehead atoms. The summed E-state index contributed by atoms with van der Waals surface area (Å²) in [6.07, 6.45) is 4.33. The van der Waals surface area contributed by atoms with E-state index in [1.165, 1.54) is 5.56 Å². The fraction of sp³-hybridized carbons (Fsp3) is 0.188. The molecule has 3 rings (SSSR count). The van der Waals surface area contributed by atoms with Gasteiger partial charge in [0.1, 0.15) is 12.1 Å². The molecule has 0 aliphatic carbocycles. The van der Waals surface area contributed by atoms with Crippen molar-refractivity contribution in [2.24, 2.45) is 0 Å². The third-order valence-electron chi connectivity index (χ3n) is 3.45.